The van der Waals surface area contributed by atoms with Gasteiger partial charge in [0, 0.05) is 41.8 Å². The van der Waals surface area contributed by atoms with Gasteiger partial charge >= 0.3 is 0 Å². The Morgan fingerprint density at radius 3 is 2.71 bits per heavy atom. The van der Waals surface area contributed by atoms with Crippen molar-refractivity contribution in [1.29, 1.82) is 0 Å². The average Bonchev–Trinajstić information content (AvgIpc) is 2.92. The highest BCUT2D eigenvalue weighted by Crippen LogP contribution is 2.53. The van der Waals surface area contributed by atoms with Crippen molar-refractivity contribution in [2.24, 2.45) is 11.3 Å². The fourth-order valence-electron chi connectivity index (χ4n) is 3.78. The van der Waals surface area contributed by atoms with Crippen LogP contribution in [0.15, 0.2) is 24.3 Å². The van der Waals surface area contributed by atoms with Gasteiger partial charge in [0.05, 0.1) is 6.10 Å². The lowest BCUT2D eigenvalue weighted by Gasteiger charge is -2.55. The highest BCUT2D eigenvalue weighted by molar-refractivity contribution is 5.94. The van der Waals surface area contributed by atoms with Crippen molar-refractivity contribution in [3.8, 4) is 0 Å². The monoisotopic (exact) mass is 288 g/mol. The molecule has 0 bridgehead atoms. The molecule has 2 fully saturated rings. The Hall–Kier alpha value is -1.55. The first-order valence-electron chi connectivity index (χ1n) is 7.80. The summed E-state index contributed by atoms with van der Waals surface area (Å²) in [6.07, 6.45) is 1.53. The summed E-state index contributed by atoms with van der Waals surface area (Å²) in [7, 11) is 0. The van der Waals surface area contributed by atoms with Crippen molar-refractivity contribution >= 4 is 11.6 Å². The summed E-state index contributed by atoms with van der Waals surface area (Å²) >= 11 is 0. The third-order valence-corrected chi connectivity index (χ3v) is 4.91. The van der Waals surface area contributed by atoms with Gasteiger partial charge in [0.15, 0.2) is 0 Å². The quantitative estimate of drug-likeness (QED) is 0.895. The van der Waals surface area contributed by atoms with Gasteiger partial charge in [-0.15, -0.1) is 0 Å². The second-order valence-electron chi connectivity index (χ2n) is 6.62. The maximum Gasteiger partial charge on any atom is 0.251 e. The van der Waals surface area contributed by atoms with Crippen LogP contribution < -0.4 is 10.6 Å². The molecule has 1 saturated heterocycles. The maximum absolute atomic E-state index is 11.8. The lowest BCUT2D eigenvalue weighted by Crippen LogP contribution is -2.63. The fraction of sp³-hybridized carbons (Fsp3) is 0.588. The molecule has 4 nitrogen and oxygen atoms in total. The van der Waals surface area contributed by atoms with E-state index in [0.717, 1.165) is 18.7 Å². The number of amides is 1. The number of nitrogens with one attached hydrogen (secondary N) is 2. The summed E-state index contributed by atoms with van der Waals surface area (Å²) < 4.78 is 5.82. The van der Waals surface area contributed by atoms with Gasteiger partial charge in [0.25, 0.3) is 5.91 Å². The Morgan fingerprint density at radius 2 is 2.05 bits per heavy atom. The molecule has 1 aromatic carbocycles. The zero-order valence-corrected chi connectivity index (χ0v) is 13.0. The second kappa shape index (κ2) is 5.34. The van der Waals surface area contributed by atoms with E-state index in [2.05, 4.69) is 24.5 Å². The lowest BCUT2D eigenvalue weighted by atomic mass is 9.57. The van der Waals surface area contributed by atoms with E-state index >= 15 is 0 Å². The van der Waals surface area contributed by atoms with Crippen LogP contribution in [0.1, 0.15) is 37.6 Å². The van der Waals surface area contributed by atoms with Crippen molar-refractivity contribution < 1.29 is 9.53 Å². The predicted octanol–water partition coefficient (Wildman–Crippen LogP) is 2.66. The number of anilines is 1. The standard InChI is InChI=1S/C17H24N2O2/c1-4-18-16(20)11-5-7-12(8-6-11)19-14-13-9-10-21-15(13)17(14,2)3/h5-8,13-15,19H,4,9-10H2,1-3H3,(H,18,20). The third-order valence-electron chi connectivity index (χ3n) is 4.91. The summed E-state index contributed by atoms with van der Waals surface area (Å²) in [5.74, 6) is 0.598. The van der Waals surface area contributed by atoms with E-state index in [-0.39, 0.29) is 11.3 Å². The van der Waals surface area contributed by atoms with E-state index in [4.69, 9.17) is 4.74 Å². The Bertz CT molecular complexity index is 524. The first-order valence-corrected chi connectivity index (χ1v) is 7.80. The summed E-state index contributed by atoms with van der Waals surface area (Å²) in [6.45, 7) is 7.98. The van der Waals surface area contributed by atoms with Crippen molar-refractivity contribution in [3.63, 3.8) is 0 Å². The molecule has 4 heteroatoms. The summed E-state index contributed by atoms with van der Waals surface area (Å²) in [5, 5.41) is 6.44. The van der Waals surface area contributed by atoms with E-state index < -0.39 is 0 Å². The molecule has 1 aliphatic heterocycles. The van der Waals surface area contributed by atoms with Crippen molar-refractivity contribution in [3.05, 3.63) is 29.8 Å². The third kappa shape index (κ3) is 2.42. The topological polar surface area (TPSA) is 50.4 Å². The lowest BCUT2D eigenvalue weighted by molar-refractivity contribution is -0.0923. The molecule has 1 amide bonds. The van der Waals surface area contributed by atoms with Crippen molar-refractivity contribution in [1.82, 2.24) is 5.32 Å². The van der Waals surface area contributed by atoms with Crippen LogP contribution in [0.25, 0.3) is 0 Å². The van der Waals surface area contributed by atoms with Crippen LogP contribution >= 0.6 is 0 Å². The minimum Gasteiger partial charge on any atom is -0.381 e. The molecule has 0 aromatic heterocycles. The number of carbonyl (C=O) groups is 1. The van der Waals surface area contributed by atoms with Gasteiger partial charge in [-0.3, -0.25) is 4.79 Å². The van der Waals surface area contributed by atoms with E-state index in [0.29, 0.717) is 30.2 Å². The van der Waals surface area contributed by atoms with Gasteiger partial charge in [0.2, 0.25) is 0 Å². The number of rotatable bonds is 4. The SMILES string of the molecule is CCNC(=O)c1ccc(NC2C3CCOC3C2(C)C)cc1. The van der Waals surface area contributed by atoms with Gasteiger partial charge < -0.3 is 15.4 Å². The smallest absolute Gasteiger partial charge is 0.251 e. The molecule has 0 spiro atoms. The van der Waals surface area contributed by atoms with Gasteiger partial charge in [-0.25, -0.2) is 0 Å². The molecule has 1 saturated carbocycles. The van der Waals surface area contributed by atoms with E-state index in [9.17, 15) is 4.79 Å². The molecule has 0 radical (unpaired) electrons. The van der Waals surface area contributed by atoms with Crippen LogP contribution in [0, 0.1) is 11.3 Å². The van der Waals surface area contributed by atoms with Crippen LogP contribution in [0.5, 0.6) is 0 Å². The molecule has 1 aromatic rings. The highest BCUT2D eigenvalue weighted by Gasteiger charge is 2.59. The van der Waals surface area contributed by atoms with E-state index in [1.54, 1.807) is 0 Å². The van der Waals surface area contributed by atoms with Crippen LogP contribution in [0.3, 0.4) is 0 Å². The van der Waals surface area contributed by atoms with Gasteiger partial charge in [-0.2, -0.15) is 0 Å². The largest absolute Gasteiger partial charge is 0.381 e. The normalized spacial score (nSPS) is 29.4. The van der Waals surface area contributed by atoms with Crippen LogP contribution in [0.2, 0.25) is 0 Å². The molecule has 2 aliphatic rings. The molecule has 1 heterocycles. The molecule has 3 rings (SSSR count). The first kappa shape index (κ1) is 14.4. The fourth-order valence-corrected chi connectivity index (χ4v) is 3.78. The molecule has 3 unspecified atom stereocenters. The van der Waals surface area contributed by atoms with Crippen LogP contribution in [-0.4, -0.2) is 31.2 Å². The molecular formula is C17H24N2O2. The number of carbonyl (C=O) groups excluding carboxylic acids is 1. The number of ether oxygens (including phenoxy) is 1. The van der Waals surface area contributed by atoms with Crippen LogP contribution in [-0.2, 0) is 4.74 Å². The maximum atomic E-state index is 11.8. The Balaban J connectivity index is 1.67. The highest BCUT2D eigenvalue weighted by atomic mass is 16.5. The van der Waals surface area contributed by atoms with Gasteiger partial charge in [-0.1, -0.05) is 13.8 Å². The molecule has 2 N–H and O–H groups in total. The van der Waals surface area contributed by atoms with Crippen molar-refractivity contribution in [2.45, 2.75) is 39.3 Å². The predicted molar refractivity (Wildman–Crippen MR) is 83.5 cm³/mol. The van der Waals surface area contributed by atoms with Crippen LogP contribution in [0.4, 0.5) is 5.69 Å². The Labute approximate surface area is 126 Å². The van der Waals surface area contributed by atoms with E-state index in [1.807, 2.05) is 31.2 Å². The Morgan fingerprint density at radius 1 is 1.33 bits per heavy atom. The first-order chi connectivity index (χ1) is 10.0. The molecule has 3 atom stereocenters. The Kier molecular flexibility index (Phi) is 3.66. The number of hydrogen-bond acceptors (Lipinski definition) is 3. The number of hydrogen-bond donors (Lipinski definition) is 2. The minimum atomic E-state index is -0.0164. The molecular weight excluding hydrogens is 264 g/mol. The van der Waals surface area contributed by atoms with Gasteiger partial charge in [-0.05, 0) is 37.6 Å². The zero-order valence-electron chi connectivity index (χ0n) is 13.0. The van der Waals surface area contributed by atoms with Gasteiger partial charge in [0.1, 0.15) is 0 Å². The molecule has 21 heavy (non-hydrogen) atoms. The summed E-state index contributed by atoms with van der Waals surface area (Å²) in [6, 6.07) is 8.18. The average molecular weight is 288 g/mol. The molecule has 114 valence electrons. The summed E-state index contributed by atoms with van der Waals surface area (Å²) in [4.78, 5) is 11.8. The second-order valence-corrected chi connectivity index (χ2v) is 6.62. The molecule has 1 aliphatic carbocycles. The van der Waals surface area contributed by atoms with Crippen molar-refractivity contribution in [2.75, 3.05) is 18.5 Å². The zero-order chi connectivity index (χ0) is 15.0. The number of benzene rings is 1. The summed E-state index contributed by atoms with van der Waals surface area (Å²) in [5.41, 5.74) is 1.95. The minimum absolute atomic E-state index is 0.0164. The van der Waals surface area contributed by atoms with E-state index in [1.165, 1.54) is 0 Å². The number of fused-ring (bicyclic) bond motifs is 1.